The third-order valence-corrected chi connectivity index (χ3v) is 2.93. The second kappa shape index (κ2) is 5.56. The topological polar surface area (TPSA) is 88.2 Å². The fourth-order valence-corrected chi connectivity index (χ4v) is 1.83. The molecule has 0 spiro atoms. The van der Waals surface area contributed by atoms with Crippen molar-refractivity contribution in [3.8, 4) is 0 Å². The SMILES string of the molecule is CC(Nc1cc(F)c(C(=O)O)cc1N)c1cccnc1. The van der Waals surface area contributed by atoms with Gasteiger partial charge in [-0.25, -0.2) is 9.18 Å². The summed E-state index contributed by atoms with van der Waals surface area (Å²) in [5, 5.41) is 11.9. The Morgan fingerprint density at radius 1 is 1.50 bits per heavy atom. The standard InChI is InChI=1S/C14H14FN3O2/c1-8(9-3-2-4-17-7-9)18-13-6-11(15)10(14(19)20)5-12(13)16/h2-8,18H,16H2,1H3,(H,19,20). The number of hydrogen-bond acceptors (Lipinski definition) is 4. The van der Waals surface area contributed by atoms with Gasteiger partial charge in [0.05, 0.1) is 23.0 Å². The number of nitrogen functional groups attached to an aromatic ring is 1. The zero-order valence-electron chi connectivity index (χ0n) is 10.8. The van der Waals surface area contributed by atoms with Crippen molar-refractivity contribution >= 4 is 17.3 Å². The molecule has 20 heavy (non-hydrogen) atoms. The molecule has 2 aromatic rings. The van der Waals surface area contributed by atoms with Crippen LogP contribution >= 0.6 is 0 Å². The summed E-state index contributed by atoms with van der Waals surface area (Å²) in [6.45, 7) is 1.87. The highest BCUT2D eigenvalue weighted by Gasteiger charge is 2.15. The van der Waals surface area contributed by atoms with Crippen LogP contribution in [0, 0.1) is 5.82 Å². The molecule has 0 saturated heterocycles. The molecule has 0 saturated carbocycles. The first-order valence-electron chi connectivity index (χ1n) is 5.98. The van der Waals surface area contributed by atoms with Crippen molar-refractivity contribution in [2.75, 3.05) is 11.1 Å². The van der Waals surface area contributed by atoms with E-state index in [-0.39, 0.29) is 11.7 Å². The molecule has 4 N–H and O–H groups in total. The third-order valence-electron chi connectivity index (χ3n) is 2.93. The summed E-state index contributed by atoms with van der Waals surface area (Å²) in [5.74, 6) is -2.17. The van der Waals surface area contributed by atoms with Crippen LogP contribution in [0.1, 0.15) is 28.9 Å². The Bertz CT molecular complexity index is 632. The summed E-state index contributed by atoms with van der Waals surface area (Å²) < 4.78 is 13.6. The number of nitrogens with two attached hydrogens (primary N) is 1. The van der Waals surface area contributed by atoms with E-state index in [9.17, 15) is 9.18 Å². The van der Waals surface area contributed by atoms with Crippen LogP contribution in [0.5, 0.6) is 0 Å². The molecule has 2 rings (SSSR count). The van der Waals surface area contributed by atoms with Gasteiger partial charge in [0.2, 0.25) is 0 Å². The number of pyridine rings is 1. The summed E-state index contributed by atoms with van der Waals surface area (Å²) in [7, 11) is 0. The molecule has 0 fully saturated rings. The van der Waals surface area contributed by atoms with Crippen molar-refractivity contribution < 1.29 is 14.3 Å². The highest BCUT2D eigenvalue weighted by Crippen LogP contribution is 2.27. The number of aromatic carboxylic acids is 1. The maximum Gasteiger partial charge on any atom is 0.338 e. The number of carboxylic acids is 1. The van der Waals surface area contributed by atoms with Crippen molar-refractivity contribution in [2.45, 2.75) is 13.0 Å². The van der Waals surface area contributed by atoms with Crippen LogP contribution in [0.3, 0.4) is 0 Å². The summed E-state index contributed by atoms with van der Waals surface area (Å²) in [6.07, 6.45) is 3.35. The van der Waals surface area contributed by atoms with Crippen molar-refractivity contribution in [2.24, 2.45) is 0 Å². The van der Waals surface area contributed by atoms with E-state index in [1.165, 1.54) is 0 Å². The number of carboxylic acid groups (broad SMARTS) is 1. The molecule has 1 aromatic heterocycles. The number of nitrogens with one attached hydrogen (secondary N) is 1. The molecular formula is C14H14FN3O2. The second-order valence-electron chi connectivity index (χ2n) is 4.38. The van der Waals surface area contributed by atoms with Gasteiger partial charge in [-0.05, 0) is 30.7 Å². The van der Waals surface area contributed by atoms with Gasteiger partial charge < -0.3 is 16.2 Å². The number of carbonyl (C=O) groups is 1. The molecule has 0 bridgehead atoms. The Morgan fingerprint density at radius 2 is 2.25 bits per heavy atom. The molecule has 104 valence electrons. The summed E-state index contributed by atoms with van der Waals surface area (Å²) in [6, 6.07) is 5.73. The van der Waals surface area contributed by atoms with Gasteiger partial charge in [-0.2, -0.15) is 0 Å². The Balaban J connectivity index is 2.26. The van der Waals surface area contributed by atoms with Crippen LogP contribution < -0.4 is 11.1 Å². The Kier molecular flexibility index (Phi) is 3.84. The molecule has 1 aromatic carbocycles. The van der Waals surface area contributed by atoms with Crippen LogP contribution in [0.4, 0.5) is 15.8 Å². The highest BCUT2D eigenvalue weighted by atomic mass is 19.1. The molecule has 6 heteroatoms. The number of halogens is 1. The lowest BCUT2D eigenvalue weighted by Crippen LogP contribution is -2.10. The van der Waals surface area contributed by atoms with E-state index in [0.717, 1.165) is 17.7 Å². The smallest absolute Gasteiger partial charge is 0.338 e. The summed E-state index contributed by atoms with van der Waals surface area (Å²) in [5.41, 5.74) is 6.75. The quantitative estimate of drug-likeness (QED) is 0.746. The van der Waals surface area contributed by atoms with Gasteiger partial charge in [-0.1, -0.05) is 6.07 Å². The molecule has 1 unspecified atom stereocenters. The molecular weight excluding hydrogens is 261 g/mol. The van der Waals surface area contributed by atoms with E-state index in [1.807, 2.05) is 13.0 Å². The fraction of sp³-hybridized carbons (Fsp3) is 0.143. The molecule has 5 nitrogen and oxygen atoms in total. The predicted octanol–water partition coefficient (Wildman–Crippen LogP) is 2.67. The van der Waals surface area contributed by atoms with Crippen LogP contribution in [0.25, 0.3) is 0 Å². The zero-order chi connectivity index (χ0) is 14.7. The molecule has 0 amide bonds. The van der Waals surface area contributed by atoms with Gasteiger partial charge in [-0.15, -0.1) is 0 Å². The van der Waals surface area contributed by atoms with E-state index in [0.29, 0.717) is 5.69 Å². The van der Waals surface area contributed by atoms with Gasteiger partial charge in [0.1, 0.15) is 5.82 Å². The lowest BCUT2D eigenvalue weighted by Gasteiger charge is -2.17. The van der Waals surface area contributed by atoms with Crippen LogP contribution in [-0.4, -0.2) is 16.1 Å². The number of hydrogen-bond donors (Lipinski definition) is 3. The lowest BCUT2D eigenvalue weighted by molar-refractivity contribution is 0.0692. The average Bonchev–Trinajstić information content (AvgIpc) is 2.43. The van der Waals surface area contributed by atoms with E-state index in [1.54, 1.807) is 18.5 Å². The number of nitrogens with zero attached hydrogens (tertiary/aromatic N) is 1. The molecule has 1 atom stereocenters. The fourth-order valence-electron chi connectivity index (χ4n) is 1.83. The molecule has 0 aliphatic heterocycles. The van der Waals surface area contributed by atoms with Gasteiger partial charge in [0.25, 0.3) is 0 Å². The second-order valence-corrected chi connectivity index (χ2v) is 4.38. The van der Waals surface area contributed by atoms with E-state index < -0.39 is 17.3 Å². The highest BCUT2D eigenvalue weighted by molar-refractivity contribution is 5.90. The maximum atomic E-state index is 13.6. The maximum absolute atomic E-state index is 13.6. The Labute approximate surface area is 115 Å². The first-order valence-corrected chi connectivity index (χ1v) is 5.98. The molecule has 0 aliphatic carbocycles. The Morgan fingerprint density at radius 3 is 2.85 bits per heavy atom. The first kappa shape index (κ1) is 13.8. The number of benzene rings is 1. The van der Waals surface area contributed by atoms with Gasteiger partial charge >= 0.3 is 5.97 Å². The largest absolute Gasteiger partial charge is 0.478 e. The van der Waals surface area contributed by atoms with Gasteiger partial charge in [-0.3, -0.25) is 4.98 Å². The van der Waals surface area contributed by atoms with E-state index in [2.05, 4.69) is 10.3 Å². The van der Waals surface area contributed by atoms with Crippen LogP contribution in [0.2, 0.25) is 0 Å². The third kappa shape index (κ3) is 2.85. The van der Waals surface area contributed by atoms with Crippen molar-refractivity contribution in [3.05, 3.63) is 53.6 Å². The number of aromatic nitrogens is 1. The normalized spacial score (nSPS) is 11.9. The first-order chi connectivity index (χ1) is 9.49. The predicted molar refractivity (Wildman–Crippen MR) is 74.0 cm³/mol. The molecule has 1 heterocycles. The monoisotopic (exact) mass is 275 g/mol. The Hall–Kier alpha value is -2.63. The van der Waals surface area contributed by atoms with Crippen molar-refractivity contribution in [1.82, 2.24) is 4.98 Å². The lowest BCUT2D eigenvalue weighted by atomic mass is 10.1. The summed E-state index contributed by atoms with van der Waals surface area (Å²) in [4.78, 5) is 14.8. The minimum absolute atomic E-state index is 0.138. The minimum Gasteiger partial charge on any atom is -0.478 e. The number of rotatable bonds is 4. The summed E-state index contributed by atoms with van der Waals surface area (Å²) >= 11 is 0. The van der Waals surface area contributed by atoms with Crippen molar-refractivity contribution in [3.63, 3.8) is 0 Å². The molecule has 0 radical (unpaired) electrons. The number of anilines is 2. The van der Waals surface area contributed by atoms with Gasteiger partial charge in [0, 0.05) is 12.4 Å². The van der Waals surface area contributed by atoms with E-state index >= 15 is 0 Å². The van der Waals surface area contributed by atoms with Crippen molar-refractivity contribution in [1.29, 1.82) is 0 Å². The van der Waals surface area contributed by atoms with Crippen LogP contribution in [-0.2, 0) is 0 Å². The minimum atomic E-state index is -1.35. The zero-order valence-corrected chi connectivity index (χ0v) is 10.8. The van der Waals surface area contributed by atoms with Gasteiger partial charge in [0.15, 0.2) is 0 Å². The molecule has 0 aliphatic rings. The van der Waals surface area contributed by atoms with E-state index in [4.69, 9.17) is 10.8 Å². The average molecular weight is 275 g/mol. The van der Waals surface area contributed by atoms with Crippen LogP contribution in [0.15, 0.2) is 36.7 Å².